The van der Waals surface area contributed by atoms with Crippen LogP contribution in [-0.4, -0.2) is 27.6 Å². The van der Waals surface area contributed by atoms with E-state index in [1.54, 1.807) is 6.92 Å². The van der Waals surface area contributed by atoms with Gasteiger partial charge in [-0.25, -0.2) is 14.8 Å². The van der Waals surface area contributed by atoms with Crippen LogP contribution >= 0.6 is 11.3 Å². The Morgan fingerprint density at radius 1 is 1.40 bits per heavy atom. The Kier molecular flexibility index (Phi) is 3.94. The summed E-state index contributed by atoms with van der Waals surface area (Å²) in [6.07, 6.45) is 2.48. The molecular formula is C14H19N3O2S. The molecule has 0 radical (unpaired) electrons. The highest BCUT2D eigenvalue weighted by molar-refractivity contribution is 7.20. The van der Waals surface area contributed by atoms with E-state index in [0.717, 1.165) is 29.7 Å². The fraction of sp³-hybridized carbons (Fsp3) is 0.500. The van der Waals surface area contributed by atoms with Gasteiger partial charge in [0.1, 0.15) is 21.9 Å². The van der Waals surface area contributed by atoms with Gasteiger partial charge in [-0.3, -0.25) is 0 Å². The molecule has 0 aliphatic carbocycles. The molecule has 0 aliphatic rings. The van der Waals surface area contributed by atoms with Gasteiger partial charge in [-0.1, -0.05) is 20.8 Å². The van der Waals surface area contributed by atoms with E-state index in [1.165, 1.54) is 17.7 Å². The Hall–Kier alpha value is -1.69. The number of thiophene rings is 1. The summed E-state index contributed by atoms with van der Waals surface area (Å²) in [5.41, 5.74) is 0.978. The SMILES string of the molecule is Cc1c(C(=O)O)sc2ncnc(NCCC(C)(C)C)c12. The van der Waals surface area contributed by atoms with Gasteiger partial charge in [-0.2, -0.15) is 0 Å². The van der Waals surface area contributed by atoms with Crippen LogP contribution < -0.4 is 5.32 Å². The minimum absolute atomic E-state index is 0.245. The van der Waals surface area contributed by atoms with Crippen LogP contribution in [0.1, 0.15) is 42.4 Å². The van der Waals surface area contributed by atoms with Crippen LogP contribution in [0.2, 0.25) is 0 Å². The minimum atomic E-state index is -0.911. The van der Waals surface area contributed by atoms with Gasteiger partial charge >= 0.3 is 5.97 Å². The highest BCUT2D eigenvalue weighted by atomic mass is 32.1. The van der Waals surface area contributed by atoms with Crippen LogP contribution in [0, 0.1) is 12.3 Å². The first-order chi connectivity index (χ1) is 9.29. The van der Waals surface area contributed by atoms with Gasteiger partial charge < -0.3 is 10.4 Å². The Morgan fingerprint density at radius 2 is 2.10 bits per heavy atom. The summed E-state index contributed by atoms with van der Waals surface area (Å²) < 4.78 is 0. The first-order valence-corrected chi connectivity index (χ1v) is 7.32. The van der Waals surface area contributed by atoms with Gasteiger partial charge in [0, 0.05) is 6.54 Å². The summed E-state index contributed by atoms with van der Waals surface area (Å²) >= 11 is 1.19. The van der Waals surface area contributed by atoms with E-state index in [0.29, 0.717) is 9.71 Å². The summed E-state index contributed by atoms with van der Waals surface area (Å²) in [5, 5.41) is 13.3. The molecule has 2 aromatic heterocycles. The second-order valence-electron chi connectivity index (χ2n) is 6.00. The van der Waals surface area contributed by atoms with E-state index in [4.69, 9.17) is 0 Å². The minimum Gasteiger partial charge on any atom is -0.477 e. The van der Waals surface area contributed by atoms with E-state index in [-0.39, 0.29) is 5.41 Å². The smallest absolute Gasteiger partial charge is 0.346 e. The maximum Gasteiger partial charge on any atom is 0.346 e. The standard InChI is InChI=1S/C14H19N3O2S/c1-8-9-11(15-6-5-14(2,3)4)16-7-17-12(9)20-10(8)13(18)19/h7H,5-6H2,1-4H3,(H,18,19)(H,15,16,17). The Balaban J connectivity index is 2.32. The molecule has 0 aliphatic heterocycles. The Labute approximate surface area is 122 Å². The lowest BCUT2D eigenvalue weighted by molar-refractivity contribution is 0.0701. The number of rotatable bonds is 4. The van der Waals surface area contributed by atoms with Gasteiger partial charge in [-0.05, 0) is 24.3 Å². The van der Waals surface area contributed by atoms with Crippen LogP contribution in [0.3, 0.4) is 0 Å². The summed E-state index contributed by atoms with van der Waals surface area (Å²) in [5.74, 6) is -0.188. The number of aromatic carboxylic acids is 1. The molecule has 5 nitrogen and oxygen atoms in total. The van der Waals surface area contributed by atoms with E-state index < -0.39 is 5.97 Å². The third kappa shape index (κ3) is 3.07. The number of carboxylic acid groups (broad SMARTS) is 1. The number of nitrogens with one attached hydrogen (secondary N) is 1. The number of nitrogens with zero attached hydrogens (tertiary/aromatic N) is 2. The van der Waals surface area contributed by atoms with Crippen LogP contribution in [-0.2, 0) is 0 Å². The fourth-order valence-electron chi connectivity index (χ4n) is 1.97. The predicted molar refractivity (Wildman–Crippen MR) is 81.7 cm³/mol. The number of fused-ring (bicyclic) bond motifs is 1. The number of aromatic nitrogens is 2. The van der Waals surface area contributed by atoms with Crippen molar-refractivity contribution in [3.05, 3.63) is 16.8 Å². The lowest BCUT2D eigenvalue weighted by Crippen LogP contribution is -2.13. The average Bonchev–Trinajstić information content (AvgIpc) is 2.66. The van der Waals surface area contributed by atoms with Gasteiger partial charge in [0.2, 0.25) is 0 Å². The molecule has 0 saturated heterocycles. The van der Waals surface area contributed by atoms with Crippen molar-refractivity contribution in [3.8, 4) is 0 Å². The van der Waals surface area contributed by atoms with E-state index in [1.807, 2.05) is 0 Å². The maximum absolute atomic E-state index is 11.2. The molecular weight excluding hydrogens is 274 g/mol. The largest absolute Gasteiger partial charge is 0.477 e. The zero-order valence-electron chi connectivity index (χ0n) is 12.1. The topological polar surface area (TPSA) is 75.1 Å². The van der Waals surface area contributed by atoms with E-state index >= 15 is 0 Å². The highest BCUT2D eigenvalue weighted by Gasteiger charge is 2.18. The molecule has 108 valence electrons. The summed E-state index contributed by atoms with van der Waals surface area (Å²) in [6.45, 7) is 9.15. The molecule has 0 unspecified atom stereocenters. The van der Waals surface area contributed by atoms with E-state index in [9.17, 15) is 9.90 Å². The fourth-order valence-corrected chi connectivity index (χ4v) is 2.95. The Morgan fingerprint density at radius 3 is 2.70 bits per heavy atom. The second-order valence-corrected chi connectivity index (χ2v) is 7.00. The molecule has 0 spiro atoms. The monoisotopic (exact) mass is 293 g/mol. The van der Waals surface area contributed by atoms with Crippen molar-refractivity contribution in [1.82, 2.24) is 9.97 Å². The van der Waals surface area contributed by atoms with Gasteiger partial charge in [0.05, 0.1) is 5.39 Å². The molecule has 2 rings (SSSR count). The van der Waals surface area contributed by atoms with Crippen LogP contribution in [0.4, 0.5) is 5.82 Å². The average molecular weight is 293 g/mol. The van der Waals surface area contributed by atoms with Crippen molar-refractivity contribution in [2.75, 3.05) is 11.9 Å². The third-order valence-corrected chi connectivity index (χ3v) is 4.28. The maximum atomic E-state index is 11.2. The number of anilines is 1. The molecule has 2 N–H and O–H groups in total. The zero-order chi connectivity index (χ0) is 14.9. The molecule has 0 amide bonds. The molecule has 6 heteroatoms. The van der Waals surface area contributed by atoms with Crippen molar-refractivity contribution in [2.45, 2.75) is 34.1 Å². The summed E-state index contributed by atoms with van der Waals surface area (Å²) in [6, 6.07) is 0. The highest BCUT2D eigenvalue weighted by Crippen LogP contribution is 2.33. The van der Waals surface area contributed by atoms with Crippen LogP contribution in [0.25, 0.3) is 10.2 Å². The normalized spacial score (nSPS) is 11.8. The number of carbonyl (C=O) groups is 1. The zero-order valence-corrected chi connectivity index (χ0v) is 13.0. The van der Waals surface area contributed by atoms with Crippen molar-refractivity contribution >= 4 is 33.3 Å². The lowest BCUT2D eigenvalue weighted by atomic mass is 9.92. The summed E-state index contributed by atoms with van der Waals surface area (Å²) in [4.78, 5) is 20.7. The quantitative estimate of drug-likeness (QED) is 0.901. The molecule has 2 aromatic rings. The number of carboxylic acids is 1. The lowest BCUT2D eigenvalue weighted by Gasteiger charge is -2.18. The second kappa shape index (κ2) is 5.36. The first kappa shape index (κ1) is 14.7. The number of hydrogen-bond acceptors (Lipinski definition) is 5. The van der Waals surface area contributed by atoms with Crippen molar-refractivity contribution in [1.29, 1.82) is 0 Å². The molecule has 0 fully saturated rings. The molecule has 20 heavy (non-hydrogen) atoms. The molecule has 0 atom stereocenters. The molecule has 0 bridgehead atoms. The van der Waals surface area contributed by atoms with Crippen LogP contribution in [0.5, 0.6) is 0 Å². The van der Waals surface area contributed by atoms with Gasteiger partial charge in [0.25, 0.3) is 0 Å². The Bertz CT molecular complexity index is 644. The molecule has 2 heterocycles. The molecule has 0 saturated carbocycles. The van der Waals surface area contributed by atoms with Gasteiger partial charge in [0.15, 0.2) is 0 Å². The predicted octanol–water partition coefficient (Wildman–Crippen LogP) is 3.55. The van der Waals surface area contributed by atoms with Crippen molar-refractivity contribution in [3.63, 3.8) is 0 Å². The van der Waals surface area contributed by atoms with Crippen LogP contribution in [0.15, 0.2) is 6.33 Å². The molecule has 0 aromatic carbocycles. The van der Waals surface area contributed by atoms with Crippen molar-refractivity contribution < 1.29 is 9.90 Å². The summed E-state index contributed by atoms with van der Waals surface area (Å²) in [7, 11) is 0. The van der Waals surface area contributed by atoms with Gasteiger partial charge in [-0.15, -0.1) is 11.3 Å². The number of hydrogen-bond donors (Lipinski definition) is 2. The first-order valence-electron chi connectivity index (χ1n) is 6.51. The van der Waals surface area contributed by atoms with Crippen molar-refractivity contribution in [2.24, 2.45) is 5.41 Å². The number of aryl methyl sites for hydroxylation is 1. The van der Waals surface area contributed by atoms with E-state index in [2.05, 4.69) is 36.1 Å². The third-order valence-electron chi connectivity index (χ3n) is 3.09.